The van der Waals surface area contributed by atoms with Crippen LogP contribution in [0.3, 0.4) is 0 Å². The molecular weight excluding hydrogens is 526 g/mol. The van der Waals surface area contributed by atoms with Crippen LogP contribution in [-0.2, 0) is 11.3 Å². The van der Waals surface area contributed by atoms with E-state index in [2.05, 4.69) is 44.1 Å². The summed E-state index contributed by atoms with van der Waals surface area (Å²) in [6, 6.07) is 3.07. The van der Waals surface area contributed by atoms with Crippen molar-refractivity contribution in [1.82, 2.24) is 20.5 Å². The molecule has 2 heterocycles. The average Bonchev–Trinajstić information content (AvgIpc) is 2.68. The van der Waals surface area contributed by atoms with Crippen LogP contribution in [0.15, 0.2) is 23.3 Å². The Balaban J connectivity index is 0.00000480. The number of pyridine rings is 1. The lowest BCUT2D eigenvalue weighted by atomic mass is 10.2. The fourth-order valence-corrected chi connectivity index (χ4v) is 3.05. The van der Waals surface area contributed by atoms with Crippen LogP contribution in [0.5, 0.6) is 5.88 Å². The molecule has 0 bridgehead atoms. The first-order valence-corrected chi connectivity index (χ1v) is 10.3. The number of aromatic nitrogens is 1. The third-order valence-electron chi connectivity index (χ3n) is 4.29. The molecule has 1 unspecified atom stereocenters. The Hall–Kier alpha value is -1.34. The Morgan fingerprint density at radius 3 is 2.74 bits per heavy atom. The van der Waals surface area contributed by atoms with Gasteiger partial charge in [0.15, 0.2) is 12.6 Å². The number of aliphatic imine (C=N–C) groups is 1. The van der Waals surface area contributed by atoms with E-state index in [0.29, 0.717) is 31.5 Å². The third-order valence-corrected chi connectivity index (χ3v) is 4.29. The van der Waals surface area contributed by atoms with Crippen molar-refractivity contribution >= 4 is 29.9 Å². The molecule has 1 aromatic heterocycles. The van der Waals surface area contributed by atoms with Crippen molar-refractivity contribution in [3.63, 3.8) is 0 Å². The maximum atomic E-state index is 12.2. The minimum Gasteiger partial charge on any atom is -0.468 e. The predicted molar refractivity (Wildman–Crippen MR) is 125 cm³/mol. The van der Waals surface area contributed by atoms with Crippen LogP contribution < -0.4 is 15.4 Å². The van der Waals surface area contributed by atoms with Crippen molar-refractivity contribution in [2.45, 2.75) is 39.6 Å². The number of hydrogen-bond acceptors (Lipinski definition) is 5. The molecule has 1 aliphatic heterocycles. The average molecular weight is 559 g/mol. The number of morpholine rings is 1. The van der Waals surface area contributed by atoms with Gasteiger partial charge in [-0.1, -0.05) is 19.9 Å². The first kappa shape index (κ1) is 27.7. The van der Waals surface area contributed by atoms with E-state index in [0.717, 1.165) is 31.8 Å². The van der Waals surface area contributed by atoms with Crippen molar-refractivity contribution in [3.05, 3.63) is 23.9 Å². The van der Waals surface area contributed by atoms with Crippen molar-refractivity contribution in [3.8, 4) is 5.88 Å². The first-order valence-electron chi connectivity index (χ1n) is 10.3. The lowest BCUT2D eigenvalue weighted by Gasteiger charge is -2.34. The number of ether oxygens (including phenoxy) is 2. The molecule has 1 aromatic rings. The van der Waals surface area contributed by atoms with Crippen molar-refractivity contribution in [1.29, 1.82) is 0 Å². The first-order chi connectivity index (χ1) is 14.2. The largest absolute Gasteiger partial charge is 0.468 e. The molecule has 0 aliphatic carbocycles. The molecule has 0 aromatic carbocycles. The number of hydrogen-bond donors (Lipinski definition) is 2. The Morgan fingerprint density at radius 2 is 2.13 bits per heavy atom. The van der Waals surface area contributed by atoms with E-state index in [1.165, 1.54) is 12.3 Å². The Kier molecular flexibility index (Phi) is 12.5. The van der Waals surface area contributed by atoms with Gasteiger partial charge in [-0.05, 0) is 18.4 Å². The summed E-state index contributed by atoms with van der Waals surface area (Å²) < 4.78 is 47.0. The van der Waals surface area contributed by atoms with Gasteiger partial charge in [0.2, 0.25) is 5.88 Å². The molecule has 1 fully saturated rings. The van der Waals surface area contributed by atoms with Crippen LogP contribution >= 0.6 is 24.0 Å². The summed E-state index contributed by atoms with van der Waals surface area (Å²) in [4.78, 5) is 10.8. The highest BCUT2D eigenvalue weighted by Gasteiger charge is 2.28. The number of halogens is 4. The van der Waals surface area contributed by atoms with Gasteiger partial charge in [-0.2, -0.15) is 13.2 Å². The molecular formula is C20H33F3IN5O2. The smallest absolute Gasteiger partial charge is 0.422 e. The number of nitrogens with zero attached hydrogens (tertiary/aromatic N) is 3. The van der Waals surface area contributed by atoms with E-state index >= 15 is 0 Å². The van der Waals surface area contributed by atoms with E-state index in [1.54, 1.807) is 6.07 Å². The molecule has 1 saturated heterocycles. The molecule has 0 spiro atoms. The molecule has 0 amide bonds. The van der Waals surface area contributed by atoms with Crippen molar-refractivity contribution in [2.24, 2.45) is 10.9 Å². The number of alkyl halides is 3. The molecule has 1 atom stereocenters. The zero-order valence-corrected chi connectivity index (χ0v) is 20.6. The number of nitrogens with one attached hydrogen (secondary N) is 2. The normalized spacial score (nSPS) is 17.9. The van der Waals surface area contributed by atoms with Gasteiger partial charge in [-0.15, -0.1) is 24.0 Å². The Bertz CT molecular complexity index is 659. The predicted octanol–water partition coefficient (Wildman–Crippen LogP) is 3.05. The van der Waals surface area contributed by atoms with Crippen LogP contribution in [0.2, 0.25) is 0 Å². The zero-order chi connectivity index (χ0) is 22.0. The van der Waals surface area contributed by atoms with Crippen LogP contribution in [-0.4, -0.2) is 74.1 Å². The molecule has 2 N–H and O–H groups in total. The second kappa shape index (κ2) is 13.9. The third kappa shape index (κ3) is 11.7. The fraction of sp³-hybridized carbons (Fsp3) is 0.700. The summed E-state index contributed by atoms with van der Waals surface area (Å²) in [6.45, 7) is 10.4. The van der Waals surface area contributed by atoms with Gasteiger partial charge < -0.3 is 20.1 Å². The molecule has 178 valence electrons. The lowest BCUT2D eigenvalue weighted by molar-refractivity contribution is -0.154. The maximum Gasteiger partial charge on any atom is 0.422 e. The molecule has 11 heteroatoms. The minimum atomic E-state index is -4.38. The molecule has 7 nitrogen and oxygen atoms in total. The van der Waals surface area contributed by atoms with Gasteiger partial charge >= 0.3 is 6.18 Å². The van der Waals surface area contributed by atoms with E-state index in [1.807, 2.05) is 6.92 Å². The fourth-order valence-electron chi connectivity index (χ4n) is 3.05. The Morgan fingerprint density at radius 1 is 1.35 bits per heavy atom. The van der Waals surface area contributed by atoms with Crippen molar-refractivity contribution in [2.75, 3.05) is 45.9 Å². The Labute approximate surface area is 199 Å². The standard InChI is InChI=1S/C20H32F3N5O2.HI/c1-4-24-19(27-11-17-13-28(7-8-29-17)12-15(2)3)26-10-16-5-6-18(25-9-16)30-14-20(21,22)23;/h5-6,9,15,17H,4,7-8,10-14H2,1-3H3,(H2,24,26,27);1H. The van der Waals surface area contributed by atoms with Gasteiger partial charge in [0.25, 0.3) is 0 Å². The van der Waals surface area contributed by atoms with Gasteiger partial charge in [0.1, 0.15) is 0 Å². The highest BCUT2D eigenvalue weighted by Crippen LogP contribution is 2.17. The van der Waals surface area contributed by atoms with Gasteiger partial charge in [-0.25, -0.2) is 9.98 Å². The SMILES string of the molecule is CCNC(=NCc1ccc(OCC(F)(F)F)nc1)NCC1CN(CC(C)C)CCO1.I. The second-order valence-corrected chi connectivity index (χ2v) is 7.63. The summed E-state index contributed by atoms with van der Waals surface area (Å²) >= 11 is 0. The molecule has 2 rings (SSSR count). The molecule has 31 heavy (non-hydrogen) atoms. The lowest BCUT2D eigenvalue weighted by Crippen LogP contribution is -2.50. The van der Waals surface area contributed by atoms with E-state index in [4.69, 9.17) is 4.74 Å². The minimum absolute atomic E-state index is 0. The van der Waals surface area contributed by atoms with E-state index < -0.39 is 12.8 Å². The van der Waals surface area contributed by atoms with E-state index in [9.17, 15) is 13.2 Å². The molecule has 1 aliphatic rings. The highest BCUT2D eigenvalue weighted by atomic mass is 127. The molecule has 0 saturated carbocycles. The monoisotopic (exact) mass is 559 g/mol. The summed E-state index contributed by atoms with van der Waals surface area (Å²) in [6.07, 6.45) is -2.83. The topological polar surface area (TPSA) is 71.0 Å². The summed E-state index contributed by atoms with van der Waals surface area (Å²) in [5, 5.41) is 6.48. The van der Waals surface area contributed by atoms with Crippen LogP contribution in [0.1, 0.15) is 26.3 Å². The second-order valence-electron chi connectivity index (χ2n) is 7.63. The van der Waals surface area contributed by atoms with Crippen LogP contribution in [0, 0.1) is 5.92 Å². The summed E-state index contributed by atoms with van der Waals surface area (Å²) in [5.74, 6) is 1.21. The van der Waals surface area contributed by atoms with Gasteiger partial charge in [-0.3, -0.25) is 4.90 Å². The van der Waals surface area contributed by atoms with Gasteiger partial charge in [0, 0.05) is 45.0 Å². The van der Waals surface area contributed by atoms with E-state index in [-0.39, 0.29) is 36.0 Å². The maximum absolute atomic E-state index is 12.2. The van der Waals surface area contributed by atoms with Crippen LogP contribution in [0.25, 0.3) is 0 Å². The van der Waals surface area contributed by atoms with Crippen molar-refractivity contribution < 1.29 is 22.6 Å². The molecule has 0 radical (unpaired) electrons. The highest BCUT2D eigenvalue weighted by molar-refractivity contribution is 14.0. The van der Waals surface area contributed by atoms with Gasteiger partial charge in [0.05, 0.1) is 19.3 Å². The van der Waals surface area contributed by atoms with Crippen LogP contribution in [0.4, 0.5) is 13.2 Å². The number of guanidine groups is 1. The quantitative estimate of drug-likeness (QED) is 0.276. The summed E-state index contributed by atoms with van der Waals surface area (Å²) in [7, 11) is 0. The zero-order valence-electron chi connectivity index (χ0n) is 18.2. The summed E-state index contributed by atoms with van der Waals surface area (Å²) in [5.41, 5.74) is 0.767. The number of rotatable bonds is 9.